The van der Waals surface area contributed by atoms with E-state index >= 15 is 0 Å². The number of carbonyl (C=O) groups excluding carboxylic acids is 1. The summed E-state index contributed by atoms with van der Waals surface area (Å²) in [6.07, 6.45) is 0.616. The molecule has 0 saturated heterocycles. The van der Waals surface area contributed by atoms with Crippen molar-refractivity contribution in [2.24, 2.45) is 0 Å². The number of hydrogen-bond donors (Lipinski definition) is 1. The fourth-order valence-corrected chi connectivity index (χ4v) is 2.40. The van der Waals surface area contributed by atoms with Gasteiger partial charge in [-0.05, 0) is 36.8 Å². The molecule has 0 spiro atoms. The van der Waals surface area contributed by atoms with Crippen molar-refractivity contribution in [3.63, 3.8) is 0 Å². The van der Waals surface area contributed by atoms with Gasteiger partial charge in [0.1, 0.15) is 5.82 Å². The van der Waals surface area contributed by atoms with Gasteiger partial charge in [0.15, 0.2) is 0 Å². The van der Waals surface area contributed by atoms with E-state index in [4.69, 9.17) is 4.42 Å². The van der Waals surface area contributed by atoms with E-state index in [0.717, 1.165) is 11.1 Å². The highest BCUT2D eigenvalue weighted by Crippen LogP contribution is 2.18. The largest absolute Gasteiger partial charge is 0.421 e. The van der Waals surface area contributed by atoms with Crippen molar-refractivity contribution in [3.05, 3.63) is 71.4 Å². The summed E-state index contributed by atoms with van der Waals surface area (Å²) in [7, 11) is 0. The molecule has 0 saturated carbocycles. The average Bonchev–Trinajstić information content (AvgIpc) is 3.08. The monoisotopic (exact) mass is 339 g/mol. The Morgan fingerprint density at radius 2 is 1.96 bits per heavy atom. The fraction of sp³-hybridized carbons (Fsp3) is 0.211. The summed E-state index contributed by atoms with van der Waals surface area (Å²) < 4.78 is 18.4. The number of nitrogens with zero attached hydrogens (tertiary/aromatic N) is 2. The minimum atomic E-state index is -0.325. The van der Waals surface area contributed by atoms with E-state index in [-0.39, 0.29) is 18.1 Å². The van der Waals surface area contributed by atoms with Crippen molar-refractivity contribution in [1.82, 2.24) is 15.5 Å². The van der Waals surface area contributed by atoms with Gasteiger partial charge >= 0.3 is 0 Å². The maximum atomic E-state index is 12.9. The minimum Gasteiger partial charge on any atom is -0.421 e. The zero-order valence-electron chi connectivity index (χ0n) is 13.8. The molecule has 1 amide bonds. The molecular weight excluding hydrogens is 321 g/mol. The predicted molar refractivity (Wildman–Crippen MR) is 91.0 cm³/mol. The van der Waals surface area contributed by atoms with E-state index in [1.165, 1.54) is 12.1 Å². The third-order valence-electron chi connectivity index (χ3n) is 3.70. The molecule has 0 unspecified atom stereocenters. The van der Waals surface area contributed by atoms with Crippen molar-refractivity contribution in [2.75, 3.05) is 0 Å². The summed E-state index contributed by atoms with van der Waals surface area (Å²) in [5.41, 5.74) is 2.86. The Morgan fingerprint density at radius 3 is 2.72 bits per heavy atom. The van der Waals surface area contributed by atoms with Crippen LogP contribution in [0.5, 0.6) is 0 Å². The minimum absolute atomic E-state index is 0.0805. The van der Waals surface area contributed by atoms with E-state index in [0.29, 0.717) is 30.3 Å². The highest BCUT2D eigenvalue weighted by atomic mass is 19.1. The fourth-order valence-electron chi connectivity index (χ4n) is 2.40. The number of amides is 1. The van der Waals surface area contributed by atoms with Crippen molar-refractivity contribution >= 4 is 5.91 Å². The molecule has 1 N–H and O–H groups in total. The second-order valence-corrected chi connectivity index (χ2v) is 5.77. The van der Waals surface area contributed by atoms with Crippen LogP contribution in [0.3, 0.4) is 0 Å². The number of rotatable bonds is 6. The van der Waals surface area contributed by atoms with Gasteiger partial charge in [0.05, 0.1) is 0 Å². The Labute approximate surface area is 144 Å². The van der Waals surface area contributed by atoms with Crippen LogP contribution in [0.4, 0.5) is 4.39 Å². The zero-order valence-corrected chi connectivity index (χ0v) is 13.8. The number of halogens is 1. The van der Waals surface area contributed by atoms with Crippen molar-refractivity contribution in [1.29, 1.82) is 0 Å². The summed E-state index contributed by atoms with van der Waals surface area (Å²) >= 11 is 0. The summed E-state index contributed by atoms with van der Waals surface area (Å²) in [6, 6.07) is 13.8. The Bertz CT molecular complexity index is 859. The predicted octanol–water partition coefficient (Wildman–Crippen LogP) is 3.43. The highest BCUT2D eigenvalue weighted by Gasteiger charge is 2.10. The molecular formula is C19H18FN3O2. The molecule has 0 aliphatic carbocycles. The molecule has 1 aromatic heterocycles. The molecule has 25 heavy (non-hydrogen) atoms. The van der Waals surface area contributed by atoms with Crippen LogP contribution in [0, 0.1) is 12.7 Å². The maximum Gasteiger partial charge on any atom is 0.247 e. The number of benzene rings is 2. The van der Waals surface area contributed by atoms with Crippen LogP contribution in [0.1, 0.15) is 23.4 Å². The van der Waals surface area contributed by atoms with Crippen LogP contribution >= 0.6 is 0 Å². The van der Waals surface area contributed by atoms with Gasteiger partial charge in [0.2, 0.25) is 17.7 Å². The lowest BCUT2D eigenvalue weighted by Gasteiger charge is -2.05. The van der Waals surface area contributed by atoms with Gasteiger partial charge < -0.3 is 9.73 Å². The van der Waals surface area contributed by atoms with Crippen molar-refractivity contribution < 1.29 is 13.6 Å². The maximum absolute atomic E-state index is 12.9. The molecule has 3 aromatic rings. The highest BCUT2D eigenvalue weighted by molar-refractivity contribution is 5.76. The Balaban J connectivity index is 1.50. The molecule has 0 atom stereocenters. The van der Waals surface area contributed by atoms with E-state index in [9.17, 15) is 9.18 Å². The average molecular weight is 339 g/mol. The van der Waals surface area contributed by atoms with Gasteiger partial charge in [-0.2, -0.15) is 0 Å². The van der Waals surface area contributed by atoms with Gasteiger partial charge in [0, 0.05) is 24.9 Å². The number of nitrogens with one attached hydrogen (secondary N) is 1. The summed E-state index contributed by atoms with van der Waals surface area (Å²) in [4.78, 5) is 11.9. The first-order valence-corrected chi connectivity index (χ1v) is 8.01. The first-order valence-electron chi connectivity index (χ1n) is 8.01. The SMILES string of the molecule is Cc1cccc(CNC(=O)CCc2nnc(-c3ccc(F)cc3)o2)c1. The lowest BCUT2D eigenvalue weighted by atomic mass is 10.1. The summed E-state index contributed by atoms with van der Waals surface area (Å²) in [6.45, 7) is 2.50. The zero-order chi connectivity index (χ0) is 17.6. The Morgan fingerprint density at radius 1 is 1.16 bits per heavy atom. The van der Waals surface area contributed by atoms with Crippen LogP contribution in [0.25, 0.3) is 11.5 Å². The van der Waals surface area contributed by atoms with Crippen LogP contribution in [0.15, 0.2) is 52.9 Å². The molecule has 1 heterocycles. The second kappa shape index (κ2) is 7.70. The van der Waals surface area contributed by atoms with E-state index in [2.05, 4.69) is 15.5 Å². The Hall–Kier alpha value is -3.02. The molecule has 2 aromatic carbocycles. The Kier molecular flexibility index (Phi) is 5.18. The standard InChI is InChI=1S/C19H18FN3O2/c1-13-3-2-4-14(11-13)12-21-17(24)9-10-18-22-23-19(25-18)15-5-7-16(20)8-6-15/h2-8,11H,9-10,12H2,1H3,(H,21,24). The van der Waals surface area contributed by atoms with Crippen LogP contribution < -0.4 is 5.32 Å². The van der Waals surface area contributed by atoms with Crippen LogP contribution in [-0.2, 0) is 17.8 Å². The van der Waals surface area contributed by atoms with Crippen LogP contribution in [-0.4, -0.2) is 16.1 Å². The number of aromatic nitrogens is 2. The smallest absolute Gasteiger partial charge is 0.247 e. The lowest BCUT2D eigenvalue weighted by Crippen LogP contribution is -2.23. The first kappa shape index (κ1) is 16.8. The van der Waals surface area contributed by atoms with Gasteiger partial charge in [-0.15, -0.1) is 10.2 Å². The molecule has 0 aliphatic rings. The molecule has 3 rings (SSSR count). The van der Waals surface area contributed by atoms with Gasteiger partial charge in [0.25, 0.3) is 0 Å². The van der Waals surface area contributed by atoms with Crippen molar-refractivity contribution in [3.8, 4) is 11.5 Å². The molecule has 128 valence electrons. The normalized spacial score (nSPS) is 10.6. The molecule has 0 fully saturated rings. The summed E-state index contributed by atoms with van der Waals surface area (Å²) in [5, 5.41) is 10.7. The molecule has 0 radical (unpaired) electrons. The van der Waals surface area contributed by atoms with Crippen LogP contribution in [0.2, 0.25) is 0 Å². The van der Waals surface area contributed by atoms with E-state index < -0.39 is 0 Å². The van der Waals surface area contributed by atoms with Gasteiger partial charge in [-0.1, -0.05) is 29.8 Å². The number of aryl methyl sites for hydroxylation is 2. The third kappa shape index (κ3) is 4.73. The second-order valence-electron chi connectivity index (χ2n) is 5.77. The molecule has 5 nitrogen and oxygen atoms in total. The lowest BCUT2D eigenvalue weighted by molar-refractivity contribution is -0.121. The quantitative estimate of drug-likeness (QED) is 0.747. The number of carbonyl (C=O) groups is 1. The topological polar surface area (TPSA) is 68.0 Å². The van der Waals surface area contributed by atoms with Gasteiger partial charge in [-0.25, -0.2) is 4.39 Å². The van der Waals surface area contributed by atoms with Crippen molar-refractivity contribution in [2.45, 2.75) is 26.3 Å². The van der Waals surface area contributed by atoms with E-state index in [1.807, 2.05) is 31.2 Å². The third-order valence-corrected chi connectivity index (χ3v) is 3.70. The molecule has 0 aliphatic heterocycles. The van der Waals surface area contributed by atoms with E-state index in [1.54, 1.807) is 12.1 Å². The van der Waals surface area contributed by atoms with Gasteiger partial charge in [-0.3, -0.25) is 4.79 Å². The summed E-state index contributed by atoms with van der Waals surface area (Å²) in [5.74, 6) is 0.289. The number of hydrogen-bond acceptors (Lipinski definition) is 4. The first-order chi connectivity index (χ1) is 12.1. The molecule has 0 bridgehead atoms. The molecule has 6 heteroatoms.